The molecule has 0 aromatic carbocycles. The van der Waals surface area contributed by atoms with Crippen LogP contribution in [0.4, 0.5) is 0 Å². The minimum absolute atomic E-state index is 0.146. The summed E-state index contributed by atoms with van der Waals surface area (Å²) in [6, 6.07) is 5.04. The summed E-state index contributed by atoms with van der Waals surface area (Å²) in [5.74, 6) is -0.146. The molecule has 1 aromatic rings. The molecule has 0 radical (unpaired) electrons. The maximum absolute atomic E-state index is 11.3. The number of rotatable bonds is 5. The summed E-state index contributed by atoms with van der Waals surface area (Å²) < 4.78 is 0. The van der Waals surface area contributed by atoms with Crippen LogP contribution in [0.3, 0.4) is 0 Å². The highest BCUT2D eigenvalue weighted by molar-refractivity contribution is 5.94. The van der Waals surface area contributed by atoms with E-state index in [0.29, 0.717) is 5.69 Å². The van der Waals surface area contributed by atoms with Crippen LogP contribution in [0, 0.1) is 10.1 Å². The van der Waals surface area contributed by atoms with Crippen molar-refractivity contribution in [3.8, 4) is 0 Å². The van der Waals surface area contributed by atoms with Crippen molar-refractivity contribution >= 4 is 5.78 Å². The molecule has 0 saturated heterocycles. The minimum Gasteiger partial charge on any atom is -0.292 e. The number of Topliss-reactive ketones (excluding diaryl/α,β-unsaturated/α-hetero) is 1. The topological polar surface area (TPSA) is 73.1 Å². The molecule has 2 rings (SSSR count). The standard InChI is InChI=1S/C9H10N2O3.C3H6.C2H6/c12-9(5-3-7-11(13)14)8-4-1-2-6-10-8;1-2-3-1;1-2/h1-2,4,6H,3,5,7H2;1-3H2;1-2H3. The summed E-state index contributed by atoms with van der Waals surface area (Å²) in [5.41, 5.74) is 0.371. The molecule has 1 aliphatic carbocycles. The normalized spacial score (nSPS) is 11.3. The van der Waals surface area contributed by atoms with Gasteiger partial charge < -0.3 is 0 Å². The van der Waals surface area contributed by atoms with Gasteiger partial charge in [0.15, 0.2) is 5.78 Å². The van der Waals surface area contributed by atoms with Gasteiger partial charge in [0.25, 0.3) is 0 Å². The lowest BCUT2D eigenvalue weighted by Gasteiger charge is -1.96. The van der Waals surface area contributed by atoms with Crippen LogP contribution in [0.25, 0.3) is 0 Å². The van der Waals surface area contributed by atoms with Crippen LogP contribution in [0.2, 0.25) is 0 Å². The fourth-order valence-electron chi connectivity index (χ4n) is 1.02. The average Bonchev–Trinajstić information content (AvgIpc) is 3.30. The van der Waals surface area contributed by atoms with Crippen molar-refractivity contribution in [2.75, 3.05) is 6.54 Å². The monoisotopic (exact) mass is 266 g/mol. The maximum atomic E-state index is 11.3. The Kier molecular flexibility index (Phi) is 10.3. The maximum Gasteiger partial charge on any atom is 0.204 e. The first-order valence-corrected chi connectivity index (χ1v) is 6.76. The average molecular weight is 266 g/mol. The van der Waals surface area contributed by atoms with Crippen LogP contribution in [0.1, 0.15) is 56.4 Å². The van der Waals surface area contributed by atoms with Crippen LogP contribution in [0.5, 0.6) is 0 Å². The molecule has 0 bridgehead atoms. The fourth-order valence-corrected chi connectivity index (χ4v) is 1.02. The first-order valence-electron chi connectivity index (χ1n) is 6.76. The van der Waals surface area contributed by atoms with Gasteiger partial charge in [-0.3, -0.25) is 19.9 Å². The third-order valence-corrected chi connectivity index (χ3v) is 2.05. The Morgan fingerprint density at radius 1 is 1.32 bits per heavy atom. The van der Waals surface area contributed by atoms with E-state index in [4.69, 9.17) is 0 Å². The molecule has 0 atom stereocenters. The number of aromatic nitrogens is 1. The quantitative estimate of drug-likeness (QED) is 0.464. The lowest BCUT2D eigenvalue weighted by atomic mass is 10.1. The highest BCUT2D eigenvalue weighted by Crippen LogP contribution is 2.14. The second kappa shape index (κ2) is 11.3. The molecule has 1 saturated carbocycles. The largest absolute Gasteiger partial charge is 0.292 e. The number of nitro groups is 1. The number of hydrogen-bond donors (Lipinski definition) is 0. The zero-order valence-corrected chi connectivity index (χ0v) is 11.7. The zero-order chi connectivity index (χ0) is 14.5. The Hall–Kier alpha value is -1.78. The molecule has 1 heterocycles. The third kappa shape index (κ3) is 11.1. The fraction of sp³-hybridized carbons (Fsp3) is 0.571. The lowest BCUT2D eigenvalue weighted by Crippen LogP contribution is -2.06. The molecule has 5 heteroatoms. The van der Waals surface area contributed by atoms with Crippen LogP contribution in [0.15, 0.2) is 24.4 Å². The van der Waals surface area contributed by atoms with Crippen molar-refractivity contribution in [2.24, 2.45) is 0 Å². The Labute approximate surface area is 114 Å². The van der Waals surface area contributed by atoms with Crippen molar-refractivity contribution < 1.29 is 9.72 Å². The summed E-state index contributed by atoms with van der Waals surface area (Å²) in [6.07, 6.45) is 6.47. The van der Waals surface area contributed by atoms with Crippen LogP contribution in [-0.2, 0) is 0 Å². The van der Waals surface area contributed by atoms with Crippen molar-refractivity contribution in [1.29, 1.82) is 0 Å². The van der Waals surface area contributed by atoms with Gasteiger partial charge in [-0.05, 0) is 12.1 Å². The molecule has 19 heavy (non-hydrogen) atoms. The van der Waals surface area contributed by atoms with E-state index in [-0.39, 0.29) is 25.2 Å². The van der Waals surface area contributed by atoms with E-state index in [0.717, 1.165) is 0 Å². The van der Waals surface area contributed by atoms with Gasteiger partial charge in [-0.2, -0.15) is 0 Å². The number of carbonyl (C=O) groups is 1. The Morgan fingerprint density at radius 3 is 2.37 bits per heavy atom. The molecule has 1 fully saturated rings. The SMILES string of the molecule is C1CC1.CC.O=C(CCC[N+](=O)[O-])c1ccccn1. The van der Waals surface area contributed by atoms with Crippen molar-refractivity contribution in [1.82, 2.24) is 4.98 Å². The second-order valence-electron chi connectivity index (χ2n) is 3.86. The smallest absolute Gasteiger partial charge is 0.204 e. The minimum atomic E-state index is -0.425. The highest BCUT2D eigenvalue weighted by Gasteiger charge is 2.07. The van der Waals surface area contributed by atoms with Crippen LogP contribution >= 0.6 is 0 Å². The van der Waals surface area contributed by atoms with E-state index in [1.165, 1.54) is 25.5 Å². The van der Waals surface area contributed by atoms with Gasteiger partial charge in [-0.15, -0.1) is 0 Å². The van der Waals surface area contributed by atoms with Crippen molar-refractivity contribution in [3.63, 3.8) is 0 Å². The van der Waals surface area contributed by atoms with Crippen LogP contribution in [-0.4, -0.2) is 22.2 Å². The number of nitrogens with zero attached hydrogens (tertiary/aromatic N) is 2. The number of ketones is 1. The molecule has 0 N–H and O–H groups in total. The molecular formula is C14H22N2O3. The second-order valence-corrected chi connectivity index (χ2v) is 3.86. The van der Waals surface area contributed by atoms with E-state index < -0.39 is 4.92 Å². The van der Waals surface area contributed by atoms with Gasteiger partial charge in [0, 0.05) is 24.0 Å². The highest BCUT2D eigenvalue weighted by atomic mass is 16.6. The van der Waals surface area contributed by atoms with E-state index in [2.05, 4.69) is 4.98 Å². The van der Waals surface area contributed by atoms with E-state index in [9.17, 15) is 14.9 Å². The molecule has 0 unspecified atom stereocenters. The lowest BCUT2D eigenvalue weighted by molar-refractivity contribution is -0.480. The predicted molar refractivity (Wildman–Crippen MR) is 74.9 cm³/mol. The summed E-state index contributed by atoms with van der Waals surface area (Å²) >= 11 is 0. The number of pyridine rings is 1. The predicted octanol–water partition coefficient (Wildman–Crippen LogP) is 3.52. The van der Waals surface area contributed by atoms with E-state index in [1.807, 2.05) is 13.8 Å². The Bertz CT molecular complexity index is 361. The Balaban J connectivity index is 0.000000548. The van der Waals surface area contributed by atoms with E-state index in [1.54, 1.807) is 18.2 Å². The third-order valence-electron chi connectivity index (χ3n) is 2.05. The molecule has 1 aliphatic rings. The van der Waals surface area contributed by atoms with Gasteiger partial charge in [-0.1, -0.05) is 39.2 Å². The molecule has 106 valence electrons. The molecule has 1 aromatic heterocycles. The van der Waals surface area contributed by atoms with Gasteiger partial charge in [0.05, 0.1) is 0 Å². The van der Waals surface area contributed by atoms with Gasteiger partial charge in [-0.25, -0.2) is 0 Å². The number of carbonyl (C=O) groups excluding carboxylic acids is 1. The summed E-state index contributed by atoms with van der Waals surface area (Å²) in [7, 11) is 0. The van der Waals surface area contributed by atoms with Crippen molar-refractivity contribution in [3.05, 3.63) is 40.2 Å². The summed E-state index contributed by atoms with van der Waals surface area (Å²) in [6.45, 7) is 3.83. The van der Waals surface area contributed by atoms with Crippen LogP contribution < -0.4 is 0 Å². The zero-order valence-electron chi connectivity index (χ0n) is 11.7. The van der Waals surface area contributed by atoms with Gasteiger partial charge in [0.2, 0.25) is 6.54 Å². The van der Waals surface area contributed by atoms with E-state index >= 15 is 0 Å². The first-order chi connectivity index (χ1) is 9.20. The summed E-state index contributed by atoms with van der Waals surface area (Å²) in [5, 5.41) is 10.00. The molecule has 0 amide bonds. The van der Waals surface area contributed by atoms with Gasteiger partial charge >= 0.3 is 0 Å². The number of hydrogen-bond acceptors (Lipinski definition) is 4. The Morgan fingerprint density at radius 2 is 1.95 bits per heavy atom. The first kappa shape index (κ1) is 17.2. The summed E-state index contributed by atoms with van der Waals surface area (Å²) in [4.78, 5) is 24.8. The molecular weight excluding hydrogens is 244 g/mol. The molecule has 0 spiro atoms. The van der Waals surface area contributed by atoms with Gasteiger partial charge in [0.1, 0.15) is 5.69 Å². The van der Waals surface area contributed by atoms with Crippen molar-refractivity contribution in [2.45, 2.75) is 46.0 Å². The molecule has 5 nitrogen and oxygen atoms in total. The molecule has 0 aliphatic heterocycles.